The standard InChI is InChI=1S/C17H12Cl2N2O3S/c1-10-8-15(24-16(22)14-6-3-7-23-14)21-17(20-10)25-9-11-12(18)4-2-5-13(11)19/h2-8H,9H2,1H3. The fourth-order valence-electron chi connectivity index (χ4n) is 1.98. The van der Waals surface area contributed by atoms with Crippen LogP contribution in [0.4, 0.5) is 0 Å². The molecule has 0 amide bonds. The Morgan fingerprint density at radius 1 is 1.20 bits per heavy atom. The molecule has 1 aromatic carbocycles. The molecule has 128 valence electrons. The molecule has 2 heterocycles. The largest absolute Gasteiger partial charge is 0.457 e. The van der Waals surface area contributed by atoms with Crippen LogP contribution in [-0.2, 0) is 5.75 Å². The van der Waals surface area contributed by atoms with Crippen molar-refractivity contribution < 1.29 is 13.9 Å². The normalized spacial score (nSPS) is 10.7. The third-order valence-electron chi connectivity index (χ3n) is 3.14. The second kappa shape index (κ2) is 7.91. The van der Waals surface area contributed by atoms with Gasteiger partial charge in [-0.2, -0.15) is 4.98 Å². The predicted molar refractivity (Wildman–Crippen MR) is 96.5 cm³/mol. The minimum absolute atomic E-state index is 0.105. The predicted octanol–water partition coefficient (Wildman–Crippen LogP) is 5.20. The molecule has 0 saturated carbocycles. The molecule has 5 nitrogen and oxygen atoms in total. The Labute approximate surface area is 158 Å². The monoisotopic (exact) mass is 394 g/mol. The van der Waals surface area contributed by atoms with E-state index in [1.54, 1.807) is 37.3 Å². The minimum Gasteiger partial charge on any atom is -0.457 e. The number of hydrogen-bond donors (Lipinski definition) is 0. The molecule has 25 heavy (non-hydrogen) atoms. The molecule has 0 aliphatic rings. The van der Waals surface area contributed by atoms with Gasteiger partial charge in [0, 0.05) is 27.6 Å². The molecule has 0 unspecified atom stereocenters. The first-order chi connectivity index (χ1) is 12.0. The molecular formula is C17H12Cl2N2O3S. The Morgan fingerprint density at radius 3 is 2.64 bits per heavy atom. The molecule has 3 rings (SSSR count). The van der Waals surface area contributed by atoms with Crippen molar-refractivity contribution in [2.75, 3.05) is 0 Å². The summed E-state index contributed by atoms with van der Waals surface area (Å²) in [5.41, 5.74) is 1.47. The third kappa shape index (κ3) is 4.54. The van der Waals surface area contributed by atoms with Crippen LogP contribution in [0.5, 0.6) is 5.88 Å². The summed E-state index contributed by atoms with van der Waals surface area (Å²) in [5.74, 6) is 0.135. The summed E-state index contributed by atoms with van der Waals surface area (Å²) in [6, 6.07) is 10.0. The van der Waals surface area contributed by atoms with Crippen LogP contribution in [0.3, 0.4) is 0 Å². The average molecular weight is 395 g/mol. The van der Waals surface area contributed by atoms with Gasteiger partial charge in [-0.1, -0.05) is 41.0 Å². The molecular weight excluding hydrogens is 383 g/mol. The van der Waals surface area contributed by atoms with Gasteiger partial charge in [-0.25, -0.2) is 9.78 Å². The summed E-state index contributed by atoms with van der Waals surface area (Å²) in [4.78, 5) is 20.5. The van der Waals surface area contributed by atoms with Crippen LogP contribution in [0.2, 0.25) is 10.0 Å². The number of benzene rings is 1. The maximum absolute atomic E-state index is 11.9. The van der Waals surface area contributed by atoms with Crippen molar-refractivity contribution in [3.8, 4) is 5.88 Å². The first kappa shape index (κ1) is 17.8. The molecule has 3 aromatic rings. The van der Waals surface area contributed by atoms with Crippen LogP contribution in [0.15, 0.2) is 52.2 Å². The SMILES string of the molecule is Cc1cc(OC(=O)c2ccco2)nc(SCc2c(Cl)cccc2Cl)n1. The van der Waals surface area contributed by atoms with Gasteiger partial charge in [0.1, 0.15) is 0 Å². The van der Waals surface area contributed by atoms with E-state index in [-0.39, 0.29) is 11.6 Å². The zero-order valence-corrected chi connectivity index (χ0v) is 15.4. The molecule has 8 heteroatoms. The third-order valence-corrected chi connectivity index (χ3v) is 4.72. The number of ether oxygens (including phenoxy) is 1. The van der Waals surface area contributed by atoms with Crippen LogP contribution >= 0.6 is 35.0 Å². The number of halogens is 2. The zero-order chi connectivity index (χ0) is 17.8. The van der Waals surface area contributed by atoms with E-state index in [0.717, 1.165) is 5.56 Å². The van der Waals surface area contributed by atoms with Crippen molar-refractivity contribution in [3.05, 3.63) is 69.7 Å². The highest BCUT2D eigenvalue weighted by atomic mass is 35.5. The van der Waals surface area contributed by atoms with Gasteiger partial charge >= 0.3 is 5.97 Å². The lowest BCUT2D eigenvalue weighted by Crippen LogP contribution is -2.09. The van der Waals surface area contributed by atoms with E-state index < -0.39 is 5.97 Å². The van der Waals surface area contributed by atoms with Gasteiger partial charge in [0.25, 0.3) is 0 Å². The van der Waals surface area contributed by atoms with Gasteiger partial charge in [0.2, 0.25) is 11.6 Å². The smallest absolute Gasteiger partial charge is 0.380 e. The van der Waals surface area contributed by atoms with Crippen LogP contribution in [0, 0.1) is 6.92 Å². The number of nitrogens with zero attached hydrogens (tertiary/aromatic N) is 2. The molecule has 0 N–H and O–H groups in total. The number of thioether (sulfide) groups is 1. The zero-order valence-electron chi connectivity index (χ0n) is 13.0. The van der Waals surface area contributed by atoms with E-state index in [1.165, 1.54) is 24.1 Å². The minimum atomic E-state index is -0.617. The molecule has 0 aliphatic heterocycles. The number of carbonyl (C=O) groups is 1. The van der Waals surface area contributed by atoms with Crippen molar-refractivity contribution in [3.63, 3.8) is 0 Å². The summed E-state index contributed by atoms with van der Waals surface area (Å²) in [6.45, 7) is 1.79. The van der Waals surface area contributed by atoms with Gasteiger partial charge in [0.05, 0.1) is 6.26 Å². The van der Waals surface area contributed by atoms with Gasteiger partial charge in [-0.15, -0.1) is 0 Å². The highest BCUT2D eigenvalue weighted by molar-refractivity contribution is 7.98. The molecule has 0 atom stereocenters. The average Bonchev–Trinajstić information content (AvgIpc) is 3.08. The molecule has 0 aliphatic carbocycles. The maximum atomic E-state index is 11.9. The molecule has 0 spiro atoms. The molecule has 0 bridgehead atoms. The Hall–Kier alpha value is -2.02. The van der Waals surface area contributed by atoms with Crippen molar-refractivity contribution in [1.82, 2.24) is 9.97 Å². The van der Waals surface area contributed by atoms with E-state index in [9.17, 15) is 4.79 Å². The van der Waals surface area contributed by atoms with Crippen molar-refractivity contribution in [2.45, 2.75) is 17.8 Å². The fourth-order valence-corrected chi connectivity index (χ4v) is 3.61. The van der Waals surface area contributed by atoms with Crippen LogP contribution in [0.1, 0.15) is 21.8 Å². The van der Waals surface area contributed by atoms with Crippen LogP contribution in [0.25, 0.3) is 0 Å². The summed E-state index contributed by atoms with van der Waals surface area (Å²) in [6.07, 6.45) is 1.40. The number of aryl methyl sites for hydroxylation is 1. The summed E-state index contributed by atoms with van der Waals surface area (Å²) in [7, 11) is 0. The summed E-state index contributed by atoms with van der Waals surface area (Å²) < 4.78 is 10.2. The van der Waals surface area contributed by atoms with Gasteiger partial charge in [0.15, 0.2) is 5.16 Å². The Morgan fingerprint density at radius 2 is 1.96 bits per heavy atom. The van der Waals surface area contributed by atoms with Gasteiger partial charge in [-0.05, 0) is 36.8 Å². The van der Waals surface area contributed by atoms with Crippen molar-refractivity contribution in [2.24, 2.45) is 0 Å². The highest BCUT2D eigenvalue weighted by Gasteiger charge is 2.14. The molecule has 0 fully saturated rings. The molecule has 0 saturated heterocycles. The van der Waals surface area contributed by atoms with Crippen LogP contribution < -0.4 is 4.74 Å². The number of esters is 1. The molecule has 2 aromatic heterocycles. The lowest BCUT2D eigenvalue weighted by Gasteiger charge is -2.08. The second-order valence-electron chi connectivity index (χ2n) is 4.99. The number of aromatic nitrogens is 2. The molecule has 0 radical (unpaired) electrons. The Kier molecular flexibility index (Phi) is 5.63. The van der Waals surface area contributed by atoms with E-state index >= 15 is 0 Å². The number of carbonyl (C=O) groups excluding carboxylic acids is 1. The van der Waals surface area contributed by atoms with Crippen molar-refractivity contribution >= 4 is 40.9 Å². The van der Waals surface area contributed by atoms with E-state index in [2.05, 4.69) is 9.97 Å². The maximum Gasteiger partial charge on any atom is 0.380 e. The summed E-state index contributed by atoms with van der Waals surface area (Å²) in [5, 5.41) is 1.62. The lowest BCUT2D eigenvalue weighted by atomic mass is 10.2. The van der Waals surface area contributed by atoms with Gasteiger partial charge < -0.3 is 9.15 Å². The number of furan rings is 1. The first-order valence-electron chi connectivity index (χ1n) is 7.20. The first-order valence-corrected chi connectivity index (χ1v) is 8.94. The fraction of sp³-hybridized carbons (Fsp3) is 0.118. The van der Waals surface area contributed by atoms with E-state index in [0.29, 0.717) is 26.6 Å². The number of hydrogen-bond acceptors (Lipinski definition) is 6. The summed E-state index contributed by atoms with van der Waals surface area (Å²) >= 11 is 13.7. The highest BCUT2D eigenvalue weighted by Crippen LogP contribution is 2.31. The quantitative estimate of drug-likeness (QED) is 0.336. The Bertz CT molecular complexity index is 881. The lowest BCUT2D eigenvalue weighted by molar-refractivity contribution is 0.0692. The second-order valence-corrected chi connectivity index (χ2v) is 6.74. The van der Waals surface area contributed by atoms with Crippen molar-refractivity contribution in [1.29, 1.82) is 0 Å². The van der Waals surface area contributed by atoms with Gasteiger partial charge in [-0.3, -0.25) is 0 Å². The van der Waals surface area contributed by atoms with E-state index in [4.69, 9.17) is 32.4 Å². The topological polar surface area (TPSA) is 65.2 Å². The number of rotatable bonds is 5. The Balaban J connectivity index is 1.74. The van der Waals surface area contributed by atoms with E-state index in [1.807, 2.05) is 0 Å². The van der Waals surface area contributed by atoms with Crippen LogP contribution in [-0.4, -0.2) is 15.9 Å².